The maximum atomic E-state index is 11.9. The maximum absolute atomic E-state index is 11.9. The third-order valence-corrected chi connectivity index (χ3v) is 4.59. The molecule has 2 fully saturated rings. The molecule has 2 N–H and O–H groups in total. The molecule has 1 heterocycles. The average molecular weight is 343 g/mol. The van der Waals surface area contributed by atoms with Gasteiger partial charge in [0.1, 0.15) is 6.04 Å². The molecule has 0 spiro atoms. The zero-order valence-corrected chi connectivity index (χ0v) is 14.5. The van der Waals surface area contributed by atoms with Crippen LogP contribution < -0.4 is 10.6 Å². The van der Waals surface area contributed by atoms with Crippen LogP contribution in [0.2, 0.25) is 0 Å². The van der Waals surface area contributed by atoms with Crippen LogP contribution in [0.25, 0.3) is 0 Å². The van der Waals surface area contributed by atoms with Gasteiger partial charge in [0.25, 0.3) is 0 Å². The smallest absolute Gasteiger partial charge is 0.248 e. The third kappa shape index (κ3) is 5.46. The first-order chi connectivity index (χ1) is 10.7. The largest absolute Gasteiger partial charge is 0.343 e. The van der Waals surface area contributed by atoms with Crippen molar-refractivity contribution in [3.63, 3.8) is 0 Å². The van der Waals surface area contributed by atoms with E-state index >= 15 is 0 Å². The highest BCUT2D eigenvalue weighted by Gasteiger charge is 2.24. The molecule has 1 atom stereocenters. The Morgan fingerprint density at radius 3 is 2.70 bits per heavy atom. The molecule has 23 heavy (non-hydrogen) atoms. The van der Waals surface area contributed by atoms with Crippen molar-refractivity contribution in [1.29, 1.82) is 0 Å². The van der Waals surface area contributed by atoms with Crippen LogP contribution in [-0.2, 0) is 4.79 Å². The van der Waals surface area contributed by atoms with E-state index in [0.29, 0.717) is 18.4 Å². The number of rotatable bonds is 7. The van der Waals surface area contributed by atoms with Crippen molar-refractivity contribution in [2.45, 2.75) is 63.8 Å². The van der Waals surface area contributed by atoms with Crippen LogP contribution in [0.15, 0.2) is 4.52 Å². The number of nitrogens with one attached hydrogen (secondary N) is 2. The van der Waals surface area contributed by atoms with Gasteiger partial charge in [0.2, 0.25) is 11.8 Å². The van der Waals surface area contributed by atoms with Gasteiger partial charge in [-0.1, -0.05) is 24.4 Å². The number of carbonyl (C=O) groups excluding carboxylic acids is 1. The van der Waals surface area contributed by atoms with Crippen LogP contribution in [0, 0.1) is 5.92 Å². The maximum Gasteiger partial charge on any atom is 0.248 e. The number of hydrogen-bond acceptors (Lipinski definition) is 5. The normalized spacial score (nSPS) is 19.9. The molecular formula is C16H27ClN4O2. The van der Waals surface area contributed by atoms with Gasteiger partial charge in [0.15, 0.2) is 5.82 Å². The summed E-state index contributed by atoms with van der Waals surface area (Å²) in [5.41, 5.74) is 0. The van der Waals surface area contributed by atoms with Crippen molar-refractivity contribution < 1.29 is 9.32 Å². The molecule has 130 valence electrons. The monoisotopic (exact) mass is 342 g/mol. The van der Waals surface area contributed by atoms with Gasteiger partial charge >= 0.3 is 0 Å². The van der Waals surface area contributed by atoms with E-state index in [0.717, 1.165) is 31.1 Å². The van der Waals surface area contributed by atoms with Crippen molar-refractivity contribution in [3.8, 4) is 0 Å². The molecule has 3 rings (SSSR count). The molecule has 0 aromatic carbocycles. The fourth-order valence-electron chi connectivity index (χ4n) is 3.02. The van der Waals surface area contributed by atoms with E-state index in [1.807, 2.05) is 6.92 Å². The van der Waals surface area contributed by atoms with E-state index in [9.17, 15) is 4.79 Å². The first kappa shape index (κ1) is 18.2. The summed E-state index contributed by atoms with van der Waals surface area (Å²) in [6, 6.07) is -0.236. The zero-order valence-electron chi connectivity index (χ0n) is 13.7. The van der Waals surface area contributed by atoms with Gasteiger partial charge in [-0.05, 0) is 45.1 Å². The first-order valence-electron chi connectivity index (χ1n) is 8.56. The highest BCUT2D eigenvalue weighted by Crippen LogP contribution is 2.31. The van der Waals surface area contributed by atoms with Crippen molar-refractivity contribution in [1.82, 2.24) is 20.8 Å². The fraction of sp³-hybridized carbons (Fsp3) is 0.812. The number of carbonyl (C=O) groups is 1. The second-order valence-electron chi connectivity index (χ2n) is 6.69. The van der Waals surface area contributed by atoms with Crippen LogP contribution in [0.1, 0.15) is 75.5 Å². The quantitative estimate of drug-likeness (QED) is 0.796. The minimum absolute atomic E-state index is 0. The Morgan fingerprint density at radius 2 is 2.00 bits per heavy atom. The average Bonchev–Trinajstić information content (AvgIpc) is 3.21. The molecule has 0 aliphatic heterocycles. The van der Waals surface area contributed by atoms with Crippen LogP contribution in [0.3, 0.4) is 0 Å². The molecule has 1 aromatic heterocycles. The van der Waals surface area contributed by atoms with Gasteiger partial charge in [-0.25, -0.2) is 0 Å². The Bertz CT molecular complexity index is 498. The summed E-state index contributed by atoms with van der Waals surface area (Å²) in [6.07, 6.45) is 8.66. The molecule has 1 aromatic rings. The third-order valence-electron chi connectivity index (χ3n) is 4.59. The Morgan fingerprint density at radius 1 is 1.26 bits per heavy atom. The molecule has 2 aliphatic carbocycles. The van der Waals surface area contributed by atoms with Crippen molar-refractivity contribution in [2.75, 3.05) is 13.1 Å². The second kappa shape index (κ2) is 8.64. The molecule has 2 aliphatic rings. The zero-order chi connectivity index (χ0) is 15.4. The Hall–Kier alpha value is -1.14. The van der Waals surface area contributed by atoms with Crippen molar-refractivity contribution >= 4 is 18.3 Å². The minimum atomic E-state index is -0.236. The first-order valence-corrected chi connectivity index (χ1v) is 8.56. The molecule has 1 unspecified atom stereocenters. The Kier molecular flexibility index (Phi) is 6.84. The van der Waals surface area contributed by atoms with Gasteiger partial charge in [0.05, 0.1) is 6.54 Å². The van der Waals surface area contributed by atoms with E-state index in [1.165, 1.54) is 32.1 Å². The Labute approximate surface area is 143 Å². The molecule has 7 heteroatoms. The molecule has 2 saturated carbocycles. The Balaban J connectivity index is 0.00000192. The summed E-state index contributed by atoms with van der Waals surface area (Å²) < 4.78 is 5.34. The number of aromatic nitrogens is 2. The lowest BCUT2D eigenvalue weighted by molar-refractivity contribution is -0.121. The van der Waals surface area contributed by atoms with Gasteiger partial charge < -0.3 is 15.2 Å². The van der Waals surface area contributed by atoms with Gasteiger partial charge in [-0.3, -0.25) is 4.79 Å². The van der Waals surface area contributed by atoms with Gasteiger partial charge in [-0.2, -0.15) is 4.98 Å². The van der Waals surface area contributed by atoms with Crippen molar-refractivity contribution in [3.05, 3.63) is 11.7 Å². The summed E-state index contributed by atoms with van der Waals surface area (Å²) in [5.74, 6) is 2.50. The molecule has 1 amide bonds. The van der Waals surface area contributed by atoms with E-state index in [1.54, 1.807) is 0 Å². The van der Waals surface area contributed by atoms with Crippen LogP contribution in [-0.4, -0.2) is 29.1 Å². The van der Waals surface area contributed by atoms with E-state index in [4.69, 9.17) is 4.52 Å². The van der Waals surface area contributed by atoms with E-state index < -0.39 is 0 Å². The second-order valence-corrected chi connectivity index (χ2v) is 6.69. The summed E-state index contributed by atoms with van der Waals surface area (Å²) in [5, 5.41) is 10.2. The number of nitrogens with zero attached hydrogens (tertiary/aromatic N) is 2. The molecule has 6 nitrogen and oxygen atoms in total. The van der Waals surface area contributed by atoms with Crippen LogP contribution in [0.4, 0.5) is 0 Å². The van der Waals surface area contributed by atoms with Crippen LogP contribution in [0.5, 0.6) is 0 Å². The predicted molar refractivity (Wildman–Crippen MR) is 89.5 cm³/mol. The highest BCUT2D eigenvalue weighted by molar-refractivity contribution is 5.85. The lowest BCUT2D eigenvalue weighted by Gasteiger charge is -2.17. The summed E-state index contributed by atoms with van der Waals surface area (Å²) >= 11 is 0. The standard InChI is InChI=1S/C16H26N4O2.ClH/c1-11(18-14(21)10-17-9-12-7-8-12)16-19-15(20-22-16)13-5-3-2-4-6-13;/h11-13,17H,2-10H2,1H3,(H,18,21);1H. The number of halogens is 1. The molecule has 0 bridgehead atoms. The topological polar surface area (TPSA) is 80.0 Å². The lowest BCUT2D eigenvalue weighted by atomic mass is 9.89. The SMILES string of the molecule is CC(NC(=O)CNCC1CC1)c1nc(C2CCCCC2)no1.Cl. The van der Waals surface area contributed by atoms with Crippen molar-refractivity contribution in [2.24, 2.45) is 5.92 Å². The van der Waals surface area contributed by atoms with Gasteiger partial charge in [0, 0.05) is 5.92 Å². The lowest BCUT2D eigenvalue weighted by Crippen LogP contribution is -2.36. The number of hydrogen-bond donors (Lipinski definition) is 2. The molecule has 0 saturated heterocycles. The highest BCUT2D eigenvalue weighted by atomic mass is 35.5. The van der Waals surface area contributed by atoms with Gasteiger partial charge in [-0.15, -0.1) is 12.4 Å². The summed E-state index contributed by atoms with van der Waals surface area (Å²) in [4.78, 5) is 16.4. The summed E-state index contributed by atoms with van der Waals surface area (Å²) in [6.45, 7) is 3.18. The fourth-order valence-corrected chi connectivity index (χ4v) is 3.02. The van der Waals surface area contributed by atoms with Crippen LogP contribution >= 0.6 is 12.4 Å². The van der Waals surface area contributed by atoms with E-state index in [-0.39, 0.29) is 24.4 Å². The molecular weight excluding hydrogens is 316 g/mol. The van der Waals surface area contributed by atoms with E-state index in [2.05, 4.69) is 20.8 Å². The minimum Gasteiger partial charge on any atom is -0.343 e. The summed E-state index contributed by atoms with van der Waals surface area (Å²) in [7, 11) is 0. The number of amides is 1. The molecule has 0 radical (unpaired) electrons. The predicted octanol–water partition coefficient (Wildman–Crippen LogP) is 2.72.